The summed E-state index contributed by atoms with van der Waals surface area (Å²) in [7, 11) is 0. The number of hydrogen-bond donors (Lipinski definition) is 4. The van der Waals surface area contributed by atoms with Crippen LogP contribution in [0.1, 0.15) is 12.5 Å². The van der Waals surface area contributed by atoms with Gasteiger partial charge in [-0.3, -0.25) is 4.79 Å². The quantitative estimate of drug-likeness (QED) is 0.555. The summed E-state index contributed by atoms with van der Waals surface area (Å²) in [5, 5.41) is 20.3. The average Bonchev–Trinajstić information content (AvgIpc) is 2.35. The summed E-state index contributed by atoms with van der Waals surface area (Å²) < 4.78 is 0. The SMILES string of the molecule is CC(O)C(NC(=O)[C@H](N)Cc1ccccc1)C(=O)O. The fraction of sp³-hybridized carbons (Fsp3) is 0.385. The fourth-order valence-corrected chi connectivity index (χ4v) is 1.61. The molecule has 0 heterocycles. The third kappa shape index (κ3) is 4.69. The first-order chi connectivity index (χ1) is 8.91. The van der Waals surface area contributed by atoms with Gasteiger partial charge >= 0.3 is 5.97 Å². The molecule has 2 unspecified atom stereocenters. The maximum atomic E-state index is 11.8. The first kappa shape index (κ1) is 15.1. The molecule has 0 fully saturated rings. The Kier molecular flexibility index (Phi) is 5.47. The monoisotopic (exact) mass is 266 g/mol. The summed E-state index contributed by atoms with van der Waals surface area (Å²) in [6, 6.07) is 6.96. The molecule has 5 N–H and O–H groups in total. The second kappa shape index (κ2) is 6.86. The van der Waals surface area contributed by atoms with Crippen molar-refractivity contribution in [2.24, 2.45) is 5.73 Å². The first-order valence-electron chi connectivity index (χ1n) is 5.92. The van der Waals surface area contributed by atoms with Crippen LogP contribution in [0.15, 0.2) is 30.3 Å². The van der Waals surface area contributed by atoms with Gasteiger partial charge < -0.3 is 21.3 Å². The van der Waals surface area contributed by atoms with Crippen LogP contribution in [0.5, 0.6) is 0 Å². The van der Waals surface area contributed by atoms with E-state index in [0.717, 1.165) is 5.56 Å². The number of aliphatic hydroxyl groups is 1. The van der Waals surface area contributed by atoms with E-state index in [0.29, 0.717) is 6.42 Å². The number of hydrogen-bond acceptors (Lipinski definition) is 4. The minimum atomic E-state index is -1.35. The molecule has 1 rings (SSSR count). The molecule has 19 heavy (non-hydrogen) atoms. The number of benzene rings is 1. The van der Waals surface area contributed by atoms with Crippen molar-refractivity contribution in [3.8, 4) is 0 Å². The van der Waals surface area contributed by atoms with Gasteiger partial charge in [-0.25, -0.2) is 4.79 Å². The Morgan fingerprint density at radius 1 is 1.32 bits per heavy atom. The Morgan fingerprint density at radius 2 is 1.89 bits per heavy atom. The lowest BCUT2D eigenvalue weighted by Gasteiger charge is -2.19. The van der Waals surface area contributed by atoms with Crippen LogP contribution in [0.3, 0.4) is 0 Å². The zero-order chi connectivity index (χ0) is 14.4. The smallest absolute Gasteiger partial charge is 0.328 e. The van der Waals surface area contributed by atoms with Gasteiger partial charge in [0.15, 0.2) is 6.04 Å². The molecule has 104 valence electrons. The van der Waals surface area contributed by atoms with Crippen LogP contribution in [0.25, 0.3) is 0 Å². The van der Waals surface area contributed by atoms with E-state index in [9.17, 15) is 14.7 Å². The third-order valence-electron chi connectivity index (χ3n) is 2.68. The Labute approximate surface area is 111 Å². The van der Waals surface area contributed by atoms with Crippen molar-refractivity contribution >= 4 is 11.9 Å². The van der Waals surface area contributed by atoms with E-state index in [4.69, 9.17) is 10.8 Å². The predicted molar refractivity (Wildman–Crippen MR) is 69.4 cm³/mol. The number of carbonyl (C=O) groups excluding carboxylic acids is 1. The van der Waals surface area contributed by atoms with Crippen LogP contribution in [-0.4, -0.2) is 40.3 Å². The number of carboxylic acid groups (broad SMARTS) is 1. The minimum Gasteiger partial charge on any atom is -0.480 e. The Bertz CT molecular complexity index is 434. The molecule has 1 amide bonds. The minimum absolute atomic E-state index is 0.304. The predicted octanol–water partition coefficient (Wildman–Crippen LogP) is -0.493. The van der Waals surface area contributed by atoms with Gasteiger partial charge in [-0.15, -0.1) is 0 Å². The van der Waals surface area contributed by atoms with Gasteiger partial charge in [0, 0.05) is 0 Å². The number of carboxylic acids is 1. The van der Waals surface area contributed by atoms with Crippen LogP contribution < -0.4 is 11.1 Å². The molecular weight excluding hydrogens is 248 g/mol. The van der Waals surface area contributed by atoms with Gasteiger partial charge in [0.05, 0.1) is 12.1 Å². The maximum Gasteiger partial charge on any atom is 0.328 e. The Balaban J connectivity index is 2.60. The summed E-state index contributed by atoms with van der Waals surface area (Å²) in [6.45, 7) is 1.29. The molecule has 0 aliphatic carbocycles. The lowest BCUT2D eigenvalue weighted by molar-refractivity contribution is -0.144. The number of rotatable bonds is 6. The largest absolute Gasteiger partial charge is 0.480 e. The van der Waals surface area contributed by atoms with E-state index in [-0.39, 0.29) is 0 Å². The van der Waals surface area contributed by atoms with Crippen LogP contribution in [0.4, 0.5) is 0 Å². The highest BCUT2D eigenvalue weighted by atomic mass is 16.4. The fourth-order valence-electron chi connectivity index (χ4n) is 1.61. The van der Waals surface area contributed by atoms with Gasteiger partial charge in [-0.2, -0.15) is 0 Å². The van der Waals surface area contributed by atoms with Crippen LogP contribution in [0, 0.1) is 0 Å². The van der Waals surface area contributed by atoms with Gasteiger partial charge in [-0.1, -0.05) is 30.3 Å². The molecular formula is C13H18N2O4. The summed E-state index contributed by atoms with van der Waals surface area (Å²) >= 11 is 0. The zero-order valence-electron chi connectivity index (χ0n) is 10.6. The number of aliphatic carboxylic acids is 1. The average molecular weight is 266 g/mol. The van der Waals surface area contributed by atoms with Gasteiger partial charge in [0.1, 0.15) is 0 Å². The van der Waals surface area contributed by atoms with Gasteiger partial charge in [-0.05, 0) is 18.9 Å². The van der Waals surface area contributed by atoms with Crippen molar-refractivity contribution in [2.45, 2.75) is 31.5 Å². The van der Waals surface area contributed by atoms with Crippen molar-refractivity contribution in [1.29, 1.82) is 0 Å². The van der Waals surface area contributed by atoms with Crippen molar-refractivity contribution in [3.05, 3.63) is 35.9 Å². The molecule has 6 nitrogen and oxygen atoms in total. The molecule has 6 heteroatoms. The second-order valence-corrected chi connectivity index (χ2v) is 4.36. The zero-order valence-corrected chi connectivity index (χ0v) is 10.6. The normalized spacial score (nSPS) is 15.3. The van der Waals surface area contributed by atoms with E-state index in [2.05, 4.69) is 5.32 Å². The number of aliphatic hydroxyl groups excluding tert-OH is 1. The van der Waals surface area contributed by atoms with Crippen molar-refractivity contribution in [2.75, 3.05) is 0 Å². The maximum absolute atomic E-state index is 11.8. The standard InChI is InChI=1S/C13H18N2O4/c1-8(16)11(13(18)19)15-12(17)10(14)7-9-5-3-2-4-6-9/h2-6,8,10-11,16H,7,14H2,1H3,(H,15,17)(H,18,19)/t8?,10-,11?/m1/s1. The molecule has 0 aliphatic heterocycles. The summed E-state index contributed by atoms with van der Waals surface area (Å²) in [6.07, 6.45) is -0.885. The molecule has 0 aliphatic rings. The van der Waals surface area contributed by atoms with Gasteiger partial charge in [0.2, 0.25) is 5.91 Å². The lowest BCUT2D eigenvalue weighted by atomic mass is 10.1. The molecule has 1 aromatic carbocycles. The highest BCUT2D eigenvalue weighted by Gasteiger charge is 2.27. The molecule has 0 spiro atoms. The number of carbonyl (C=O) groups is 2. The van der Waals surface area contributed by atoms with Gasteiger partial charge in [0.25, 0.3) is 0 Å². The van der Waals surface area contributed by atoms with Crippen molar-refractivity contribution in [3.63, 3.8) is 0 Å². The highest BCUT2D eigenvalue weighted by Crippen LogP contribution is 2.02. The van der Waals surface area contributed by atoms with E-state index >= 15 is 0 Å². The summed E-state index contributed by atoms with van der Waals surface area (Å²) in [5.41, 5.74) is 6.59. The third-order valence-corrected chi connectivity index (χ3v) is 2.68. The van der Waals surface area contributed by atoms with E-state index in [1.165, 1.54) is 6.92 Å². The molecule has 0 aromatic heterocycles. The van der Waals surface area contributed by atoms with Crippen LogP contribution >= 0.6 is 0 Å². The van der Waals surface area contributed by atoms with Crippen LogP contribution in [-0.2, 0) is 16.0 Å². The van der Waals surface area contributed by atoms with E-state index in [1.54, 1.807) is 0 Å². The molecule has 0 bridgehead atoms. The number of nitrogens with two attached hydrogens (primary N) is 1. The topological polar surface area (TPSA) is 113 Å². The van der Waals surface area contributed by atoms with Crippen molar-refractivity contribution in [1.82, 2.24) is 5.32 Å². The van der Waals surface area contributed by atoms with Crippen LogP contribution in [0.2, 0.25) is 0 Å². The second-order valence-electron chi connectivity index (χ2n) is 4.36. The van der Waals surface area contributed by atoms with E-state index in [1.807, 2.05) is 30.3 Å². The molecule has 1 aromatic rings. The number of nitrogens with one attached hydrogen (secondary N) is 1. The summed E-state index contributed by atoms with van der Waals surface area (Å²) in [5.74, 6) is -1.90. The van der Waals surface area contributed by atoms with E-state index < -0.39 is 30.1 Å². The lowest BCUT2D eigenvalue weighted by Crippen LogP contribution is -2.53. The highest BCUT2D eigenvalue weighted by molar-refractivity contribution is 5.87. The first-order valence-corrected chi connectivity index (χ1v) is 5.92. The summed E-state index contributed by atoms with van der Waals surface area (Å²) in [4.78, 5) is 22.6. The molecule has 3 atom stereocenters. The molecule has 0 saturated carbocycles. The number of amides is 1. The Morgan fingerprint density at radius 3 is 2.37 bits per heavy atom. The van der Waals surface area contributed by atoms with Crippen molar-refractivity contribution < 1.29 is 19.8 Å². The molecule has 0 radical (unpaired) electrons. The molecule has 0 saturated heterocycles. The Hall–Kier alpha value is -1.92.